The lowest BCUT2D eigenvalue weighted by Gasteiger charge is -2.14. The largest absolute Gasteiger partial charge is 0.497 e. The summed E-state index contributed by atoms with van der Waals surface area (Å²) in [6, 6.07) is 18.6. The highest BCUT2D eigenvalue weighted by Gasteiger charge is 2.16. The van der Waals surface area contributed by atoms with Gasteiger partial charge in [-0.1, -0.05) is 55.9 Å². The molecule has 0 fully saturated rings. The van der Waals surface area contributed by atoms with Crippen LogP contribution in [0.15, 0.2) is 81.6 Å². The van der Waals surface area contributed by atoms with Crippen molar-refractivity contribution in [2.24, 2.45) is 5.92 Å². The Morgan fingerprint density at radius 1 is 1.11 bits per heavy atom. The second-order valence-corrected chi connectivity index (χ2v) is 9.45. The average Bonchev–Trinajstić information content (AvgIpc) is 3.29. The summed E-state index contributed by atoms with van der Waals surface area (Å²) in [5.74, 6) is 0.733. The number of hydrogen-bond acceptors (Lipinski definition) is 6. The van der Waals surface area contributed by atoms with Gasteiger partial charge in [0.2, 0.25) is 5.91 Å². The molecule has 0 unspecified atom stereocenters. The minimum atomic E-state index is -0.564. The van der Waals surface area contributed by atoms with Gasteiger partial charge in [-0.2, -0.15) is 0 Å². The normalized spacial score (nSPS) is 11.0. The molecular weight excluding hydrogens is 478 g/mol. The zero-order chi connectivity index (χ0) is 25.7. The van der Waals surface area contributed by atoms with Crippen molar-refractivity contribution in [2.45, 2.75) is 25.5 Å². The summed E-state index contributed by atoms with van der Waals surface area (Å²) in [6.07, 6.45) is 1.93. The molecule has 2 N–H and O–H groups in total. The zero-order valence-corrected chi connectivity index (χ0v) is 21.0. The molecule has 9 nitrogen and oxygen atoms in total. The number of nitrogens with one attached hydrogen (secondary N) is 2. The number of hydrogen-bond donors (Lipinski definition) is 2. The van der Waals surface area contributed by atoms with Crippen molar-refractivity contribution < 1.29 is 9.53 Å². The average molecular weight is 506 g/mol. The topological polar surface area (TPSA) is 111 Å². The third-order valence-corrected chi connectivity index (χ3v) is 6.23. The van der Waals surface area contributed by atoms with Crippen molar-refractivity contribution in [3.8, 4) is 22.7 Å². The van der Waals surface area contributed by atoms with Gasteiger partial charge in [0.25, 0.3) is 5.56 Å². The monoisotopic (exact) mass is 505 g/mol. The fraction of sp³-hybridized carbons (Fsp3) is 0.231. The minimum Gasteiger partial charge on any atom is -0.497 e. The number of rotatable bonds is 9. The molecule has 2 aromatic carbocycles. The summed E-state index contributed by atoms with van der Waals surface area (Å²) in [6.45, 7) is 4.26. The van der Waals surface area contributed by atoms with Gasteiger partial charge in [-0.3, -0.25) is 23.7 Å². The molecule has 0 atom stereocenters. The van der Waals surface area contributed by atoms with Crippen LogP contribution < -0.4 is 21.3 Å². The number of benzene rings is 2. The first-order valence-electron chi connectivity index (χ1n) is 11.4. The first-order valence-corrected chi connectivity index (χ1v) is 12.4. The Balaban J connectivity index is 1.58. The molecule has 0 aliphatic carbocycles. The van der Waals surface area contributed by atoms with Crippen molar-refractivity contribution in [3.63, 3.8) is 0 Å². The molecule has 0 radical (unpaired) electrons. The number of H-pyrrole nitrogens is 1. The summed E-state index contributed by atoms with van der Waals surface area (Å²) < 4.78 is 8.54. The first kappa shape index (κ1) is 25.1. The maximum Gasteiger partial charge on any atom is 0.329 e. The number of ether oxygens (including phenoxy) is 1. The van der Waals surface area contributed by atoms with Crippen LogP contribution in [0.3, 0.4) is 0 Å². The number of amides is 1. The number of aromatic amines is 1. The van der Waals surface area contributed by atoms with E-state index in [1.165, 1.54) is 22.4 Å². The zero-order valence-electron chi connectivity index (χ0n) is 20.2. The molecule has 1 amide bonds. The maximum absolute atomic E-state index is 12.8. The Morgan fingerprint density at radius 2 is 1.83 bits per heavy atom. The summed E-state index contributed by atoms with van der Waals surface area (Å²) in [4.78, 5) is 44.0. The maximum atomic E-state index is 12.8. The third kappa shape index (κ3) is 5.95. The highest BCUT2D eigenvalue weighted by atomic mass is 32.2. The predicted molar refractivity (Wildman–Crippen MR) is 141 cm³/mol. The van der Waals surface area contributed by atoms with E-state index in [2.05, 4.69) is 10.3 Å². The predicted octanol–water partition coefficient (Wildman–Crippen LogP) is 3.78. The number of methoxy groups -OCH3 is 1. The number of imidazole rings is 1. The van der Waals surface area contributed by atoms with E-state index in [1.54, 1.807) is 7.11 Å². The molecule has 2 heterocycles. The third-order valence-electron chi connectivity index (χ3n) is 5.28. The van der Waals surface area contributed by atoms with E-state index in [1.807, 2.05) is 79.2 Å². The molecular formula is C26H27N5O4S. The molecule has 4 rings (SSSR count). The van der Waals surface area contributed by atoms with Crippen molar-refractivity contribution >= 4 is 23.5 Å². The molecule has 2 aromatic heterocycles. The fourth-order valence-electron chi connectivity index (χ4n) is 3.62. The van der Waals surface area contributed by atoms with Gasteiger partial charge in [-0.15, -0.1) is 0 Å². The van der Waals surface area contributed by atoms with Crippen LogP contribution in [-0.2, 0) is 11.3 Å². The SMILES string of the molecule is COc1ccc(-n2cc(-c3ccccc3)nc2SCC(=O)Nc2cc(=O)[nH]c(=O)n2CC(C)C)cc1. The standard InChI is InChI=1S/C26H27N5O4S/c1-17(2)14-31-22(13-23(32)29-25(31)34)28-24(33)16-36-26-27-21(18-7-5-4-6-8-18)15-30(26)19-9-11-20(35-3)12-10-19/h4-13,15,17H,14,16H2,1-3H3,(H,28,33)(H,29,32,34). The van der Waals surface area contributed by atoms with Gasteiger partial charge in [-0.25, -0.2) is 9.78 Å². The number of carbonyl (C=O) groups excluding carboxylic acids is 1. The van der Waals surface area contributed by atoms with E-state index < -0.39 is 11.2 Å². The van der Waals surface area contributed by atoms with E-state index in [-0.39, 0.29) is 23.4 Å². The van der Waals surface area contributed by atoms with Crippen LogP contribution in [0, 0.1) is 5.92 Å². The Hall–Kier alpha value is -4.05. The van der Waals surface area contributed by atoms with Crippen molar-refractivity contribution in [3.05, 3.63) is 87.7 Å². The van der Waals surface area contributed by atoms with E-state index in [4.69, 9.17) is 9.72 Å². The molecule has 0 spiro atoms. The lowest BCUT2D eigenvalue weighted by atomic mass is 10.2. The Morgan fingerprint density at radius 3 is 2.50 bits per heavy atom. The van der Waals surface area contributed by atoms with Crippen LogP contribution in [0.4, 0.5) is 5.82 Å². The number of aromatic nitrogens is 4. The van der Waals surface area contributed by atoms with Crippen molar-refractivity contribution in [2.75, 3.05) is 18.2 Å². The lowest BCUT2D eigenvalue weighted by Crippen LogP contribution is -2.34. The van der Waals surface area contributed by atoms with E-state index in [0.717, 1.165) is 22.7 Å². The van der Waals surface area contributed by atoms with Gasteiger partial charge in [-0.05, 0) is 30.2 Å². The van der Waals surface area contributed by atoms with Crippen LogP contribution in [0.1, 0.15) is 13.8 Å². The number of carbonyl (C=O) groups is 1. The minimum absolute atomic E-state index is 0.0318. The lowest BCUT2D eigenvalue weighted by molar-refractivity contribution is -0.113. The highest BCUT2D eigenvalue weighted by molar-refractivity contribution is 7.99. The van der Waals surface area contributed by atoms with Gasteiger partial charge in [0, 0.05) is 30.1 Å². The van der Waals surface area contributed by atoms with Crippen molar-refractivity contribution in [1.82, 2.24) is 19.1 Å². The molecule has 0 saturated carbocycles. The molecule has 186 valence electrons. The van der Waals surface area contributed by atoms with E-state index in [0.29, 0.717) is 11.7 Å². The molecule has 0 bridgehead atoms. The molecule has 0 aliphatic rings. The van der Waals surface area contributed by atoms with E-state index >= 15 is 0 Å². The van der Waals surface area contributed by atoms with E-state index in [9.17, 15) is 14.4 Å². The molecule has 0 saturated heterocycles. The van der Waals surface area contributed by atoms with Gasteiger partial charge in [0.1, 0.15) is 11.6 Å². The van der Waals surface area contributed by atoms with Crippen LogP contribution in [0.2, 0.25) is 0 Å². The quantitative estimate of drug-likeness (QED) is 0.335. The summed E-state index contributed by atoms with van der Waals surface area (Å²) in [5, 5.41) is 3.33. The number of anilines is 1. The van der Waals surface area contributed by atoms with Crippen LogP contribution >= 0.6 is 11.8 Å². The Labute approximate surface area is 212 Å². The summed E-state index contributed by atoms with van der Waals surface area (Å²) in [5.41, 5.74) is 1.48. The van der Waals surface area contributed by atoms with Gasteiger partial charge in [0.05, 0.1) is 18.6 Å². The van der Waals surface area contributed by atoms with Crippen LogP contribution in [0.5, 0.6) is 5.75 Å². The molecule has 10 heteroatoms. The first-order chi connectivity index (χ1) is 17.3. The van der Waals surface area contributed by atoms with Crippen LogP contribution in [0.25, 0.3) is 16.9 Å². The van der Waals surface area contributed by atoms with Gasteiger partial charge >= 0.3 is 5.69 Å². The Bertz CT molecular complexity index is 1460. The van der Waals surface area contributed by atoms with Crippen molar-refractivity contribution in [1.29, 1.82) is 0 Å². The van der Waals surface area contributed by atoms with Gasteiger partial charge in [0.15, 0.2) is 5.16 Å². The fourth-order valence-corrected chi connectivity index (χ4v) is 4.41. The van der Waals surface area contributed by atoms with Crippen LogP contribution in [-0.4, -0.2) is 37.9 Å². The number of thioether (sulfide) groups is 1. The Kier molecular flexibility index (Phi) is 7.74. The molecule has 0 aliphatic heterocycles. The number of nitrogens with zero attached hydrogens (tertiary/aromatic N) is 3. The highest BCUT2D eigenvalue weighted by Crippen LogP contribution is 2.28. The second-order valence-electron chi connectivity index (χ2n) is 8.51. The summed E-state index contributed by atoms with van der Waals surface area (Å²) in [7, 11) is 1.61. The van der Waals surface area contributed by atoms with Gasteiger partial charge < -0.3 is 10.1 Å². The second kappa shape index (κ2) is 11.1. The summed E-state index contributed by atoms with van der Waals surface area (Å²) >= 11 is 1.26. The molecule has 4 aromatic rings. The molecule has 36 heavy (non-hydrogen) atoms. The smallest absolute Gasteiger partial charge is 0.329 e.